The van der Waals surface area contributed by atoms with Crippen LogP contribution in [0.3, 0.4) is 0 Å². The number of alkyl halides is 1. The summed E-state index contributed by atoms with van der Waals surface area (Å²) in [6.07, 6.45) is 4.93. The molecule has 3 heterocycles. The molecule has 0 radical (unpaired) electrons. The van der Waals surface area contributed by atoms with Gasteiger partial charge in [-0.25, -0.2) is 0 Å². The fourth-order valence-corrected chi connectivity index (χ4v) is 7.17. The molecule has 1 aromatic carbocycles. The number of unbranched alkanes of at least 4 members (excludes halogenated alkanes) is 4. The lowest BCUT2D eigenvalue weighted by Gasteiger charge is -2.34. The van der Waals surface area contributed by atoms with E-state index in [4.69, 9.17) is 14.6 Å². The second-order valence-corrected chi connectivity index (χ2v) is 11.6. The molecule has 3 amide bonds. The number of carbonyl (C=O) groups excluding carboxylic acids is 3. The standard InChI is InChI=1S/C28H40BrN3O6/c1-3-5-14-30-26(35)24-28-17-20(29)23(38-28)21(22(28)27(36)32(24)15-8-6-7-9-16-33)25(34)31-18-10-12-19(13-11-18)37-4-2/h10-13,20-24,33H,3-9,14-17H2,1-2H3,(H,30,35)(H,31,34)/t20?,21-,22-,23-,24?,28?/m0/s1. The Bertz CT molecular complexity index is 991. The highest BCUT2D eigenvalue weighted by molar-refractivity contribution is 9.09. The molecule has 3 fully saturated rings. The number of amides is 3. The summed E-state index contributed by atoms with van der Waals surface area (Å²) in [6.45, 7) is 5.62. The van der Waals surface area contributed by atoms with Crippen LogP contribution in [0, 0.1) is 11.8 Å². The van der Waals surface area contributed by atoms with Gasteiger partial charge in [-0.15, -0.1) is 0 Å². The molecule has 3 aliphatic rings. The van der Waals surface area contributed by atoms with Gasteiger partial charge in [-0.3, -0.25) is 14.4 Å². The van der Waals surface area contributed by atoms with Crippen LogP contribution in [-0.2, 0) is 19.1 Å². The molecule has 3 aliphatic heterocycles. The van der Waals surface area contributed by atoms with Gasteiger partial charge in [-0.1, -0.05) is 42.1 Å². The summed E-state index contributed by atoms with van der Waals surface area (Å²) in [6, 6.07) is 6.36. The summed E-state index contributed by atoms with van der Waals surface area (Å²) in [4.78, 5) is 42.6. The van der Waals surface area contributed by atoms with E-state index in [1.165, 1.54) is 0 Å². The molecule has 3 unspecified atom stereocenters. The Balaban J connectivity index is 1.57. The van der Waals surface area contributed by atoms with Gasteiger partial charge in [0.15, 0.2) is 0 Å². The van der Waals surface area contributed by atoms with Crippen molar-refractivity contribution in [3.63, 3.8) is 0 Å². The van der Waals surface area contributed by atoms with Gasteiger partial charge in [0.25, 0.3) is 0 Å². The molecule has 10 heteroatoms. The molecule has 0 saturated carbocycles. The number of anilines is 1. The second kappa shape index (κ2) is 12.8. The number of likely N-dealkylation sites (tertiary alicyclic amines) is 1. The number of hydrogen-bond donors (Lipinski definition) is 3. The van der Waals surface area contributed by atoms with Crippen molar-refractivity contribution in [2.24, 2.45) is 11.8 Å². The molecule has 3 N–H and O–H groups in total. The number of ether oxygens (including phenoxy) is 2. The lowest BCUT2D eigenvalue weighted by Crippen LogP contribution is -2.56. The quantitative estimate of drug-likeness (QED) is 0.225. The number of nitrogens with zero attached hydrogens (tertiary/aromatic N) is 1. The lowest BCUT2D eigenvalue weighted by molar-refractivity contribution is -0.141. The van der Waals surface area contributed by atoms with Crippen LogP contribution in [0.4, 0.5) is 5.69 Å². The molecule has 1 aromatic rings. The maximum absolute atomic E-state index is 13.9. The Morgan fingerprint density at radius 3 is 2.55 bits per heavy atom. The van der Waals surface area contributed by atoms with E-state index in [0.717, 1.165) is 32.1 Å². The van der Waals surface area contributed by atoms with Crippen molar-refractivity contribution in [2.45, 2.75) is 81.4 Å². The molecule has 38 heavy (non-hydrogen) atoms. The van der Waals surface area contributed by atoms with Crippen LogP contribution < -0.4 is 15.4 Å². The van der Waals surface area contributed by atoms with Crippen LogP contribution >= 0.6 is 15.9 Å². The van der Waals surface area contributed by atoms with Crippen molar-refractivity contribution in [2.75, 3.05) is 31.6 Å². The van der Waals surface area contributed by atoms with Gasteiger partial charge in [0.2, 0.25) is 17.7 Å². The molecule has 9 nitrogen and oxygen atoms in total. The maximum Gasteiger partial charge on any atom is 0.245 e. The Labute approximate surface area is 233 Å². The Morgan fingerprint density at radius 1 is 1.13 bits per heavy atom. The maximum atomic E-state index is 13.9. The number of aliphatic hydroxyl groups excluding tert-OH is 1. The van der Waals surface area contributed by atoms with Gasteiger partial charge in [0, 0.05) is 30.2 Å². The number of nitrogens with one attached hydrogen (secondary N) is 2. The number of halogens is 1. The van der Waals surface area contributed by atoms with Gasteiger partial charge in [-0.05, 0) is 56.9 Å². The van der Waals surface area contributed by atoms with Crippen LogP contribution in [0.15, 0.2) is 24.3 Å². The van der Waals surface area contributed by atoms with Crippen LogP contribution in [-0.4, -0.2) is 76.6 Å². The SMILES string of the molecule is CCCCNC(=O)C1N(CCCCCCO)C(=O)[C@@H]2[C@H](C(=O)Nc3ccc(OCC)cc3)[C@H]3OC12CC3Br. The zero-order valence-electron chi connectivity index (χ0n) is 22.3. The van der Waals surface area contributed by atoms with Crippen molar-refractivity contribution >= 4 is 39.3 Å². The summed E-state index contributed by atoms with van der Waals surface area (Å²) >= 11 is 3.70. The van der Waals surface area contributed by atoms with Crippen LogP contribution in [0.5, 0.6) is 5.75 Å². The van der Waals surface area contributed by atoms with Crippen molar-refractivity contribution in [1.29, 1.82) is 0 Å². The minimum absolute atomic E-state index is 0.141. The summed E-state index contributed by atoms with van der Waals surface area (Å²) < 4.78 is 12.0. The minimum atomic E-state index is -1.04. The summed E-state index contributed by atoms with van der Waals surface area (Å²) in [5, 5.41) is 15.1. The summed E-state index contributed by atoms with van der Waals surface area (Å²) in [5.41, 5.74) is -0.431. The van der Waals surface area contributed by atoms with E-state index in [1.54, 1.807) is 29.2 Å². The van der Waals surface area contributed by atoms with Crippen molar-refractivity contribution in [3.05, 3.63) is 24.3 Å². The summed E-state index contributed by atoms with van der Waals surface area (Å²) in [5.74, 6) is -1.39. The third-order valence-electron chi connectivity index (χ3n) is 7.91. The average molecular weight is 595 g/mol. The second-order valence-electron chi connectivity index (χ2n) is 10.4. The van der Waals surface area contributed by atoms with Crippen LogP contribution in [0.25, 0.3) is 0 Å². The van der Waals surface area contributed by atoms with E-state index in [0.29, 0.717) is 44.0 Å². The van der Waals surface area contributed by atoms with E-state index in [1.807, 2.05) is 6.92 Å². The Hall–Kier alpha value is -2.17. The van der Waals surface area contributed by atoms with Gasteiger partial charge in [0.1, 0.15) is 17.4 Å². The van der Waals surface area contributed by atoms with E-state index in [2.05, 4.69) is 33.5 Å². The number of aliphatic hydroxyl groups is 1. The zero-order valence-corrected chi connectivity index (χ0v) is 23.9. The van der Waals surface area contributed by atoms with Crippen molar-refractivity contribution < 1.29 is 29.0 Å². The number of rotatable bonds is 14. The molecular formula is C28H40BrN3O6. The first-order valence-corrected chi connectivity index (χ1v) is 14.8. The number of carbonyl (C=O) groups is 3. The molecule has 0 aliphatic carbocycles. The van der Waals surface area contributed by atoms with Crippen molar-refractivity contribution in [1.82, 2.24) is 10.2 Å². The number of fused-ring (bicyclic) bond motifs is 1. The zero-order chi connectivity index (χ0) is 27.3. The normalized spacial score (nSPS) is 29.4. The van der Waals surface area contributed by atoms with Crippen molar-refractivity contribution in [3.8, 4) is 5.75 Å². The monoisotopic (exact) mass is 593 g/mol. The summed E-state index contributed by atoms with van der Waals surface area (Å²) in [7, 11) is 0. The minimum Gasteiger partial charge on any atom is -0.494 e. The average Bonchev–Trinajstić information content (AvgIpc) is 3.49. The molecule has 210 valence electrons. The first-order valence-electron chi connectivity index (χ1n) is 13.9. The molecular weight excluding hydrogens is 554 g/mol. The molecule has 4 rings (SSSR count). The highest BCUT2D eigenvalue weighted by Gasteiger charge is 2.76. The van der Waals surface area contributed by atoms with Crippen LogP contribution in [0.2, 0.25) is 0 Å². The van der Waals surface area contributed by atoms with Gasteiger partial charge in [0.05, 0.1) is 24.5 Å². The van der Waals surface area contributed by atoms with E-state index in [9.17, 15) is 14.4 Å². The lowest BCUT2D eigenvalue weighted by atomic mass is 9.70. The Kier molecular flexibility index (Phi) is 9.70. The smallest absolute Gasteiger partial charge is 0.245 e. The highest BCUT2D eigenvalue weighted by Crippen LogP contribution is 2.60. The topological polar surface area (TPSA) is 117 Å². The molecule has 6 atom stereocenters. The molecule has 2 bridgehead atoms. The van der Waals surface area contributed by atoms with Gasteiger partial charge >= 0.3 is 0 Å². The molecule has 1 spiro atoms. The predicted molar refractivity (Wildman–Crippen MR) is 147 cm³/mol. The Morgan fingerprint density at radius 2 is 1.87 bits per heavy atom. The van der Waals surface area contributed by atoms with Crippen LogP contribution in [0.1, 0.15) is 58.8 Å². The van der Waals surface area contributed by atoms with Gasteiger partial charge < -0.3 is 30.1 Å². The van der Waals surface area contributed by atoms with E-state index >= 15 is 0 Å². The predicted octanol–water partition coefficient (Wildman–Crippen LogP) is 3.24. The fourth-order valence-electron chi connectivity index (χ4n) is 6.23. The third-order valence-corrected chi connectivity index (χ3v) is 8.75. The first-order chi connectivity index (χ1) is 18.4. The number of benzene rings is 1. The number of hydrogen-bond acceptors (Lipinski definition) is 6. The third kappa shape index (κ3) is 5.58. The van der Waals surface area contributed by atoms with Gasteiger partial charge in [-0.2, -0.15) is 0 Å². The molecule has 0 aromatic heterocycles. The highest BCUT2D eigenvalue weighted by atomic mass is 79.9. The largest absolute Gasteiger partial charge is 0.494 e. The van der Waals surface area contributed by atoms with E-state index < -0.39 is 29.6 Å². The fraction of sp³-hybridized carbons (Fsp3) is 0.679. The molecule has 3 saturated heterocycles. The van der Waals surface area contributed by atoms with E-state index in [-0.39, 0.29) is 29.2 Å². The first kappa shape index (κ1) is 28.8.